The number of nitrogens with one attached hydrogen (secondary N) is 2. The summed E-state index contributed by atoms with van der Waals surface area (Å²) in [5.41, 5.74) is 2.95. The Kier molecular flexibility index (Phi) is 8.46. The van der Waals surface area contributed by atoms with E-state index in [1.165, 1.54) is 11.4 Å². The van der Waals surface area contributed by atoms with Crippen molar-refractivity contribution in [3.8, 4) is 0 Å². The number of carbonyl (C=O) groups excluding carboxylic acids is 2. The van der Waals surface area contributed by atoms with E-state index >= 15 is 0 Å². The Morgan fingerprint density at radius 2 is 1.75 bits per heavy atom. The first-order valence-electron chi connectivity index (χ1n) is 12.2. The van der Waals surface area contributed by atoms with Gasteiger partial charge in [0.05, 0.1) is 23.6 Å². The van der Waals surface area contributed by atoms with Crippen LogP contribution in [0.4, 0.5) is 11.4 Å². The minimum absolute atomic E-state index is 0.0114. The Bertz CT molecular complexity index is 1200. The summed E-state index contributed by atoms with van der Waals surface area (Å²) >= 11 is 0. The highest BCUT2D eigenvalue weighted by Crippen LogP contribution is 2.27. The summed E-state index contributed by atoms with van der Waals surface area (Å²) in [5, 5.41) is 5.71. The molecule has 0 aromatic heterocycles. The van der Waals surface area contributed by atoms with Crippen molar-refractivity contribution >= 4 is 33.3 Å². The van der Waals surface area contributed by atoms with Crippen LogP contribution in [0.25, 0.3) is 0 Å². The van der Waals surface area contributed by atoms with Crippen molar-refractivity contribution < 1.29 is 22.7 Å². The van der Waals surface area contributed by atoms with Gasteiger partial charge in [-0.1, -0.05) is 32.9 Å². The largest absolute Gasteiger partial charge is 0.465 e. The molecule has 36 heavy (non-hydrogen) atoms. The lowest BCUT2D eigenvalue weighted by Crippen LogP contribution is -2.47. The van der Waals surface area contributed by atoms with Crippen LogP contribution in [0.1, 0.15) is 73.7 Å². The van der Waals surface area contributed by atoms with Gasteiger partial charge in [0.2, 0.25) is 10.0 Å². The molecule has 1 atom stereocenters. The lowest BCUT2D eigenvalue weighted by atomic mass is 9.87. The molecule has 0 saturated carbocycles. The minimum Gasteiger partial charge on any atom is -0.465 e. The van der Waals surface area contributed by atoms with E-state index < -0.39 is 21.2 Å². The molecular formula is C27H37N3O5S. The predicted molar refractivity (Wildman–Crippen MR) is 143 cm³/mol. The Balaban J connectivity index is 1.81. The normalized spacial score (nSPS) is 17.0. The summed E-state index contributed by atoms with van der Waals surface area (Å²) in [6.45, 7) is 10.5. The molecule has 196 valence electrons. The van der Waals surface area contributed by atoms with Gasteiger partial charge in [0.1, 0.15) is 0 Å². The van der Waals surface area contributed by atoms with E-state index in [-0.39, 0.29) is 17.4 Å². The molecule has 1 aliphatic rings. The van der Waals surface area contributed by atoms with Crippen molar-refractivity contribution in [1.29, 1.82) is 0 Å². The van der Waals surface area contributed by atoms with Crippen molar-refractivity contribution in [2.75, 3.05) is 30.8 Å². The maximum absolute atomic E-state index is 12.9. The van der Waals surface area contributed by atoms with E-state index in [2.05, 4.69) is 31.4 Å². The third-order valence-electron chi connectivity index (χ3n) is 6.40. The molecule has 2 aromatic carbocycles. The maximum atomic E-state index is 12.9. The number of nitrogens with zero attached hydrogens (tertiary/aromatic N) is 1. The molecule has 2 aromatic rings. The highest BCUT2D eigenvalue weighted by molar-refractivity contribution is 7.89. The molecule has 3 rings (SSSR count). The number of benzene rings is 2. The van der Waals surface area contributed by atoms with E-state index in [9.17, 15) is 18.0 Å². The summed E-state index contributed by atoms with van der Waals surface area (Å²) in [7, 11) is -2.07. The SMILES string of the molecule is COC(=O)c1ccc(NC(=O)c2ccc(C(C)(C)C)cc2)cc1NC1CCCN(S(=O)(=O)C(C)C)C1. The van der Waals surface area contributed by atoms with Crippen molar-refractivity contribution in [2.45, 2.75) is 64.2 Å². The molecule has 1 saturated heterocycles. The average Bonchev–Trinajstić information content (AvgIpc) is 2.83. The van der Waals surface area contributed by atoms with Gasteiger partial charge in [-0.05, 0) is 68.0 Å². The molecule has 1 fully saturated rings. The average molecular weight is 516 g/mol. The van der Waals surface area contributed by atoms with Gasteiger partial charge >= 0.3 is 5.97 Å². The predicted octanol–water partition coefficient (Wildman–Crippen LogP) is 4.64. The summed E-state index contributed by atoms with van der Waals surface area (Å²) in [6.07, 6.45) is 1.46. The number of esters is 1. The van der Waals surface area contributed by atoms with E-state index in [1.807, 2.05) is 12.1 Å². The van der Waals surface area contributed by atoms with Crippen LogP contribution < -0.4 is 10.6 Å². The van der Waals surface area contributed by atoms with Crippen molar-refractivity contribution in [3.63, 3.8) is 0 Å². The molecule has 0 bridgehead atoms. The minimum atomic E-state index is -3.38. The quantitative estimate of drug-likeness (QED) is 0.521. The molecule has 0 radical (unpaired) electrons. The first kappa shape index (κ1) is 27.7. The standard InChI is InChI=1S/C27H37N3O5S/c1-18(2)36(33,34)30-15-7-8-22(17-30)28-24-16-21(13-14-23(24)26(32)35-6)29-25(31)19-9-11-20(12-10-19)27(3,4)5/h9-14,16,18,22,28H,7-8,15,17H2,1-6H3,(H,29,31). The molecule has 8 nitrogen and oxygen atoms in total. The van der Waals surface area contributed by atoms with Gasteiger partial charge < -0.3 is 15.4 Å². The Morgan fingerprint density at radius 1 is 1.08 bits per heavy atom. The summed E-state index contributed by atoms with van der Waals surface area (Å²) in [5.74, 6) is -0.783. The van der Waals surface area contributed by atoms with E-state index in [0.717, 1.165) is 12.0 Å². The lowest BCUT2D eigenvalue weighted by Gasteiger charge is -2.34. The van der Waals surface area contributed by atoms with Crippen molar-refractivity contribution in [2.24, 2.45) is 0 Å². The molecule has 0 aliphatic carbocycles. The van der Waals surface area contributed by atoms with Crippen LogP contribution in [-0.4, -0.2) is 56.1 Å². The van der Waals surface area contributed by atoms with Crippen molar-refractivity contribution in [3.05, 3.63) is 59.2 Å². The van der Waals surface area contributed by atoms with E-state index in [1.54, 1.807) is 44.2 Å². The highest BCUT2D eigenvalue weighted by atomic mass is 32.2. The third kappa shape index (κ3) is 6.44. The summed E-state index contributed by atoms with van der Waals surface area (Å²) < 4.78 is 31.8. The number of hydrogen-bond acceptors (Lipinski definition) is 6. The third-order valence-corrected chi connectivity index (χ3v) is 8.64. The number of rotatable bonds is 7. The second-order valence-electron chi connectivity index (χ2n) is 10.5. The molecule has 9 heteroatoms. The van der Waals surface area contributed by atoms with Crippen LogP contribution in [0.3, 0.4) is 0 Å². The molecule has 1 unspecified atom stereocenters. The number of amides is 1. The summed E-state index contributed by atoms with van der Waals surface area (Å²) in [4.78, 5) is 25.3. The first-order valence-corrected chi connectivity index (χ1v) is 13.7. The van der Waals surface area contributed by atoms with Gasteiger partial charge in [-0.2, -0.15) is 4.31 Å². The van der Waals surface area contributed by atoms with Crippen LogP contribution in [-0.2, 0) is 20.2 Å². The lowest BCUT2D eigenvalue weighted by molar-refractivity contribution is 0.0601. The fourth-order valence-electron chi connectivity index (χ4n) is 4.16. The smallest absolute Gasteiger partial charge is 0.339 e. The second kappa shape index (κ2) is 11.0. The number of hydrogen-bond donors (Lipinski definition) is 2. The molecular weight excluding hydrogens is 478 g/mol. The maximum Gasteiger partial charge on any atom is 0.339 e. The van der Waals surface area contributed by atoms with Gasteiger partial charge in [-0.25, -0.2) is 13.2 Å². The molecule has 0 spiro atoms. The van der Waals surface area contributed by atoms with Gasteiger partial charge in [0.15, 0.2) is 0 Å². The zero-order valence-electron chi connectivity index (χ0n) is 21.9. The van der Waals surface area contributed by atoms with E-state index in [0.29, 0.717) is 42.0 Å². The zero-order chi connectivity index (χ0) is 26.7. The molecule has 2 N–H and O–H groups in total. The van der Waals surface area contributed by atoms with Crippen LogP contribution >= 0.6 is 0 Å². The van der Waals surface area contributed by atoms with Crippen LogP contribution in [0.15, 0.2) is 42.5 Å². The van der Waals surface area contributed by atoms with Crippen LogP contribution in [0.5, 0.6) is 0 Å². The number of methoxy groups -OCH3 is 1. The van der Waals surface area contributed by atoms with Gasteiger partial charge in [-0.3, -0.25) is 4.79 Å². The van der Waals surface area contributed by atoms with Gasteiger partial charge in [0, 0.05) is 30.4 Å². The molecule has 1 aliphatic heterocycles. The van der Waals surface area contributed by atoms with Gasteiger partial charge in [0.25, 0.3) is 5.91 Å². The first-order chi connectivity index (χ1) is 16.8. The fourth-order valence-corrected chi connectivity index (χ4v) is 5.53. The number of carbonyl (C=O) groups is 2. The molecule has 1 amide bonds. The summed E-state index contributed by atoms with van der Waals surface area (Å²) in [6, 6.07) is 12.2. The van der Waals surface area contributed by atoms with Crippen LogP contribution in [0.2, 0.25) is 0 Å². The van der Waals surface area contributed by atoms with E-state index in [4.69, 9.17) is 4.74 Å². The topological polar surface area (TPSA) is 105 Å². The number of ether oxygens (including phenoxy) is 1. The second-order valence-corrected chi connectivity index (χ2v) is 13.0. The monoisotopic (exact) mass is 515 g/mol. The molecule has 1 heterocycles. The fraction of sp³-hybridized carbons (Fsp3) is 0.481. The zero-order valence-corrected chi connectivity index (χ0v) is 22.7. The van der Waals surface area contributed by atoms with Gasteiger partial charge in [-0.15, -0.1) is 0 Å². The number of anilines is 2. The Hall–Kier alpha value is -2.91. The Morgan fingerprint density at radius 3 is 2.33 bits per heavy atom. The number of piperidine rings is 1. The highest BCUT2D eigenvalue weighted by Gasteiger charge is 2.31. The Labute approximate surface area is 214 Å². The van der Waals surface area contributed by atoms with Crippen molar-refractivity contribution in [1.82, 2.24) is 4.31 Å². The van der Waals surface area contributed by atoms with Crippen LogP contribution in [0, 0.1) is 0 Å². The number of sulfonamides is 1.